The van der Waals surface area contributed by atoms with Gasteiger partial charge in [0.2, 0.25) is 11.1 Å². The van der Waals surface area contributed by atoms with Crippen molar-refractivity contribution in [2.24, 2.45) is 0 Å². The number of methoxy groups -OCH3 is 1. The van der Waals surface area contributed by atoms with E-state index in [9.17, 15) is 4.79 Å². The predicted molar refractivity (Wildman–Crippen MR) is 121 cm³/mol. The van der Waals surface area contributed by atoms with E-state index in [-0.39, 0.29) is 5.91 Å². The number of thiophene rings is 1. The van der Waals surface area contributed by atoms with Crippen LogP contribution in [0.2, 0.25) is 5.02 Å². The molecular formula is C21H17ClN4O2S2. The van der Waals surface area contributed by atoms with E-state index in [1.807, 2.05) is 47.8 Å². The van der Waals surface area contributed by atoms with E-state index in [2.05, 4.69) is 20.5 Å². The van der Waals surface area contributed by atoms with Crippen LogP contribution in [0.15, 0.2) is 71.2 Å². The summed E-state index contributed by atoms with van der Waals surface area (Å²) in [6.07, 6.45) is 0. The number of rotatable bonds is 7. The summed E-state index contributed by atoms with van der Waals surface area (Å²) in [7, 11) is 1.54. The molecule has 0 saturated carbocycles. The summed E-state index contributed by atoms with van der Waals surface area (Å²) < 4.78 is 5.17. The molecule has 9 heteroatoms. The van der Waals surface area contributed by atoms with Gasteiger partial charge in [-0.15, -0.1) is 16.4 Å². The normalized spacial score (nSPS) is 11.8. The average Bonchev–Trinajstić information content (AvgIpc) is 3.44. The third-order valence-corrected chi connectivity index (χ3v) is 6.49. The molecule has 0 aliphatic rings. The van der Waals surface area contributed by atoms with E-state index in [1.165, 1.54) is 11.8 Å². The maximum Gasteiger partial charge on any atom is 0.242 e. The van der Waals surface area contributed by atoms with Crippen LogP contribution in [0, 0.1) is 0 Å². The Morgan fingerprint density at radius 1 is 1.20 bits per heavy atom. The molecule has 0 aliphatic carbocycles. The zero-order valence-electron chi connectivity index (χ0n) is 15.8. The summed E-state index contributed by atoms with van der Waals surface area (Å²) in [4.78, 5) is 18.7. The molecule has 1 atom stereocenters. The van der Waals surface area contributed by atoms with Gasteiger partial charge >= 0.3 is 0 Å². The van der Waals surface area contributed by atoms with Gasteiger partial charge in [-0.3, -0.25) is 9.89 Å². The minimum atomic E-state index is -0.543. The van der Waals surface area contributed by atoms with E-state index in [4.69, 9.17) is 16.3 Å². The molecule has 0 radical (unpaired) electrons. The zero-order valence-corrected chi connectivity index (χ0v) is 18.2. The van der Waals surface area contributed by atoms with Crippen LogP contribution in [0.1, 0.15) is 10.8 Å². The number of anilines is 1. The number of hydrogen-bond acceptors (Lipinski definition) is 6. The first-order chi connectivity index (χ1) is 14.6. The lowest BCUT2D eigenvalue weighted by Crippen LogP contribution is -2.19. The van der Waals surface area contributed by atoms with Gasteiger partial charge in [-0.2, -0.15) is 0 Å². The van der Waals surface area contributed by atoms with Gasteiger partial charge in [0.05, 0.1) is 17.0 Å². The van der Waals surface area contributed by atoms with Crippen molar-refractivity contribution >= 4 is 46.3 Å². The van der Waals surface area contributed by atoms with Gasteiger partial charge in [-0.05, 0) is 35.2 Å². The van der Waals surface area contributed by atoms with E-state index in [0.717, 1.165) is 10.4 Å². The summed E-state index contributed by atoms with van der Waals surface area (Å²) in [5.74, 6) is 1.03. The fourth-order valence-electron chi connectivity index (χ4n) is 2.78. The second-order valence-corrected chi connectivity index (χ2v) is 8.62. The molecule has 6 nitrogen and oxygen atoms in total. The number of hydrogen-bond donors (Lipinski definition) is 2. The van der Waals surface area contributed by atoms with Crippen LogP contribution in [0.5, 0.6) is 5.75 Å². The molecule has 0 fully saturated rings. The minimum absolute atomic E-state index is 0.199. The quantitative estimate of drug-likeness (QED) is 0.350. The number of benzene rings is 2. The molecule has 30 heavy (non-hydrogen) atoms. The fraction of sp³-hybridized carbons (Fsp3) is 0.0952. The second-order valence-electron chi connectivity index (χ2n) is 6.19. The molecule has 0 aliphatic heterocycles. The van der Waals surface area contributed by atoms with Crippen molar-refractivity contribution < 1.29 is 9.53 Å². The third-order valence-electron chi connectivity index (χ3n) is 4.20. The number of nitrogens with zero attached hydrogens (tertiary/aromatic N) is 2. The fourth-order valence-corrected chi connectivity index (χ4v) is 4.61. The standard InChI is InChI=1S/C21H17ClN4O2S2/c1-28-16-10-9-14(12-15(16)22)23-20(27)18(13-6-3-2-4-7-13)30-21-24-19(25-26-21)17-8-5-11-29-17/h2-12,18H,1H3,(H,23,27)(H,24,25,26)/t18-/m1/s1. The monoisotopic (exact) mass is 456 g/mol. The Labute approximate surface area is 186 Å². The van der Waals surface area contributed by atoms with Gasteiger partial charge in [0, 0.05) is 5.69 Å². The first-order valence-corrected chi connectivity index (χ1v) is 11.1. The molecule has 2 heterocycles. The molecule has 0 unspecified atom stereocenters. The largest absolute Gasteiger partial charge is 0.495 e. The van der Waals surface area contributed by atoms with Crippen molar-refractivity contribution in [3.05, 3.63) is 76.6 Å². The van der Waals surface area contributed by atoms with Crippen LogP contribution < -0.4 is 10.1 Å². The Morgan fingerprint density at radius 2 is 2.03 bits per heavy atom. The summed E-state index contributed by atoms with van der Waals surface area (Å²) in [5.41, 5.74) is 1.43. The Morgan fingerprint density at radius 3 is 2.73 bits per heavy atom. The molecule has 0 bridgehead atoms. The molecule has 4 aromatic rings. The zero-order chi connectivity index (χ0) is 20.9. The molecular weight excluding hydrogens is 440 g/mol. The van der Waals surface area contributed by atoms with Crippen molar-refractivity contribution in [2.45, 2.75) is 10.4 Å². The molecule has 152 valence electrons. The first kappa shape index (κ1) is 20.5. The van der Waals surface area contributed by atoms with Crippen LogP contribution >= 0.6 is 34.7 Å². The van der Waals surface area contributed by atoms with Crippen molar-refractivity contribution in [1.82, 2.24) is 15.2 Å². The average molecular weight is 457 g/mol. The Kier molecular flexibility index (Phi) is 6.37. The van der Waals surface area contributed by atoms with Gasteiger partial charge in [-0.25, -0.2) is 4.98 Å². The molecule has 0 saturated heterocycles. The highest BCUT2D eigenvalue weighted by atomic mass is 35.5. The number of halogens is 1. The van der Waals surface area contributed by atoms with Gasteiger partial charge in [0.15, 0.2) is 5.82 Å². The van der Waals surface area contributed by atoms with E-state index in [0.29, 0.717) is 27.4 Å². The SMILES string of the molecule is COc1ccc(NC(=O)[C@H](Sc2n[nH]c(-c3cccs3)n2)c2ccccc2)cc1Cl. The summed E-state index contributed by atoms with van der Waals surface area (Å²) in [5, 5.41) is 12.5. The summed E-state index contributed by atoms with van der Waals surface area (Å²) in [6.45, 7) is 0. The van der Waals surface area contributed by atoms with Gasteiger partial charge in [0.25, 0.3) is 0 Å². The number of thioether (sulfide) groups is 1. The number of carbonyl (C=O) groups excluding carboxylic acids is 1. The van der Waals surface area contributed by atoms with Crippen LogP contribution in [0.3, 0.4) is 0 Å². The highest BCUT2D eigenvalue weighted by Crippen LogP contribution is 2.36. The van der Waals surface area contributed by atoms with E-state index >= 15 is 0 Å². The third kappa shape index (κ3) is 4.67. The second kappa shape index (κ2) is 9.34. The van der Waals surface area contributed by atoms with Crippen molar-refractivity contribution in [1.29, 1.82) is 0 Å². The highest BCUT2D eigenvalue weighted by Gasteiger charge is 2.24. The summed E-state index contributed by atoms with van der Waals surface area (Å²) in [6, 6.07) is 18.6. The molecule has 2 aromatic carbocycles. The van der Waals surface area contributed by atoms with Crippen molar-refractivity contribution in [3.8, 4) is 16.5 Å². The maximum absolute atomic E-state index is 13.1. The molecule has 1 amide bonds. The number of ether oxygens (including phenoxy) is 1. The van der Waals surface area contributed by atoms with Crippen LogP contribution in [0.4, 0.5) is 5.69 Å². The minimum Gasteiger partial charge on any atom is -0.495 e. The van der Waals surface area contributed by atoms with Crippen molar-refractivity contribution in [3.63, 3.8) is 0 Å². The molecule has 2 aromatic heterocycles. The summed E-state index contributed by atoms with van der Waals surface area (Å²) >= 11 is 9.04. The topological polar surface area (TPSA) is 79.9 Å². The van der Waals surface area contributed by atoms with Gasteiger partial charge in [0.1, 0.15) is 11.0 Å². The van der Waals surface area contributed by atoms with Crippen LogP contribution in [-0.4, -0.2) is 28.2 Å². The number of nitrogens with one attached hydrogen (secondary N) is 2. The van der Waals surface area contributed by atoms with Crippen LogP contribution in [0.25, 0.3) is 10.7 Å². The number of aromatic amines is 1. The Hall–Kier alpha value is -2.81. The number of aromatic nitrogens is 3. The van der Waals surface area contributed by atoms with Crippen molar-refractivity contribution in [2.75, 3.05) is 12.4 Å². The van der Waals surface area contributed by atoms with E-state index in [1.54, 1.807) is 36.6 Å². The smallest absolute Gasteiger partial charge is 0.242 e. The Bertz CT molecular complexity index is 1130. The lowest BCUT2D eigenvalue weighted by atomic mass is 10.1. The first-order valence-electron chi connectivity index (χ1n) is 8.96. The highest BCUT2D eigenvalue weighted by molar-refractivity contribution is 8.00. The molecule has 2 N–H and O–H groups in total. The lowest BCUT2D eigenvalue weighted by molar-refractivity contribution is -0.115. The number of amides is 1. The maximum atomic E-state index is 13.1. The Balaban J connectivity index is 1.57. The van der Waals surface area contributed by atoms with Gasteiger partial charge in [-0.1, -0.05) is 59.8 Å². The van der Waals surface area contributed by atoms with E-state index < -0.39 is 5.25 Å². The van der Waals surface area contributed by atoms with Gasteiger partial charge < -0.3 is 10.1 Å². The predicted octanol–water partition coefficient (Wildman–Crippen LogP) is 5.67. The van der Waals surface area contributed by atoms with Crippen LogP contribution in [-0.2, 0) is 4.79 Å². The number of carbonyl (C=O) groups is 1. The lowest BCUT2D eigenvalue weighted by Gasteiger charge is -2.16. The number of H-pyrrole nitrogens is 1. The molecule has 0 spiro atoms. The molecule has 4 rings (SSSR count).